The highest BCUT2D eigenvalue weighted by Crippen LogP contribution is 2.29. The first-order valence-electron chi connectivity index (χ1n) is 13.0. The number of nitrogens with zero attached hydrogens (tertiary/aromatic N) is 6. The summed E-state index contributed by atoms with van der Waals surface area (Å²) in [6.07, 6.45) is 5.21. The molecule has 1 fully saturated rings. The molecule has 0 saturated carbocycles. The highest BCUT2D eigenvalue weighted by Gasteiger charge is 2.24. The number of piperidine rings is 1. The van der Waals surface area contributed by atoms with Crippen molar-refractivity contribution in [2.24, 2.45) is 0 Å². The van der Waals surface area contributed by atoms with Gasteiger partial charge in [-0.05, 0) is 56.3 Å². The monoisotopic (exact) mass is 522 g/mol. The zero-order valence-corrected chi connectivity index (χ0v) is 21.3. The summed E-state index contributed by atoms with van der Waals surface area (Å²) in [6.45, 7) is 3.20. The van der Waals surface area contributed by atoms with Crippen LogP contribution in [0.5, 0.6) is 5.88 Å². The number of likely N-dealkylation sites (tertiary alicyclic amines) is 1. The predicted octanol–water partition coefficient (Wildman–Crippen LogP) is 5.44. The molecule has 8 nitrogen and oxygen atoms in total. The number of imidazole rings is 1. The first-order chi connectivity index (χ1) is 19.2. The van der Waals surface area contributed by atoms with Gasteiger partial charge in [0.1, 0.15) is 31.1 Å². The van der Waals surface area contributed by atoms with E-state index >= 15 is 0 Å². The second-order valence-electron chi connectivity index (χ2n) is 9.69. The number of hydrogen-bond donors (Lipinski definition) is 0. The van der Waals surface area contributed by atoms with Crippen LogP contribution in [-0.4, -0.2) is 37.5 Å². The van der Waals surface area contributed by atoms with Gasteiger partial charge >= 0.3 is 0 Å². The number of nitriles is 1. The van der Waals surface area contributed by atoms with Gasteiger partial charge in [-0.25, -0.2) is 19.3 Å². The van der Waals surface area contributed by atoms with Crippen molar-refractivity contribution in [1.29, 1.82) is 5.26 Å². The van der Waals surface area contributed by atoms with Crippen molar-refractivity contribution in [3.63, 3.8) is 0 Å². The lowest BCUT2D eigenvalue weighted by molar-refractivity contribution is 0.196. The van der Waals surface area contributed by atoms with Gasteiger partial charge in [-0.2, -0.15) is 5.26 Å². The molecule has 0 bridgehead atoms. The second-order valence-corrected chi connectivity index (χ2v) is 9.69. The second kappa shape index (κ2) is 11.1. The van der Waals surface area contributed by atoms with E-state index in [1.807, 2.05) is 36.4 Å². The third-order valence-electron chi connectivity index (χ3n) is 7.18. The molecule has 9 heteroatoms. The zero-order chi connectivity index (χ0) is 26.6. The molecule has 5 aromatic rings. The molecule has 6 rings (SSSR count). The predicted molar refractivity (Wildman–Crippen MR) is 142 cm³/mol. The molecule has 0 radical (unpaired) electrons. The van der Waals surface area contributed by atoms with Crippen LogP contribution >= 0.6 is 0 Å². The van der Waals surface area contributed by atoms with Crippen molar-refractivity contribution in [2.45, 2.75) is 38.5 Å². The van der Waals surface area contributed by atoms with Crippen LogP contribution in [0, 0.1) is 17.1 Å². The fourth-order valence-electron chi connectivity index (χ4n) is 5.10. The lowest BCUT2D eigenvalue weighted by atomic mass is 9.93. The van der Waals surface area contributed by atoms with Crippen molar-refractivity contribution in [3.8, 4) is 11.9 Å². The average Bonchev–Trinajstić information content (AvgIpc) is 3.61. The molecule has 0 unspecified atom stereocenters. The van der Waals surface area contributed by atoms with E-state index in [9.17, 15) is 4.39 Å². The van der Waals surface area contributed by atoms with Crippen molar-refractivity contribution in [3.05, 3.63) is 107 Å². The van der Waals surface area contributed by atoms with Crippen LogP contribution in [0.1, 0.15) is 47.3 Å². The summed E-state index contributed by atoms with van der Waals surface area (Å²) < 4.78 is 27.7. The maximum absolute atomic E-state index is 14.2. The van der Waals surface area contributed by atoms with Crippen molar-refractivity contribution >= 4 is 11.0 Å². The number of para-hydroxylation sites is 2. The van der Waals surface area contributed by atoms with Gasteiger partial charge in [0.25, 0.3) is 0 Å². The number of rotatable bonds is 8. The molecule has 2 aromatic carbocycles. The van der Waals surface area contributed by atoms with Crippen molar-refractivity contribution < 1.29 is 13.5 Å². The van der Waals surface area contributed by atoms with Gasteiger partial charge in [0, 0.05) is 23.2 Å². The SMILES string of the molecule is N#Cc1ccc(COc2cccc(C3CCN(Cc4nc5ccccc5n4Cc4ncco4)CC3)n2)c(F)c1. The quantitative estimate of drug-likeness (QED) is 0.268. The van der Waals surface area contributed by atoms with E-state index < -0.39 is 5.82 Å². The minimum absolute atomic E-state index is 0.0565. The Balaban J connectivity index is 1.09. The third kappa shape index (κ3) is 5.52. The van der Waals surface area contributed by atoms with Gasteiger partial charge in [0.15, 0.2) is 0 Å². The van der Waals surface area contributed by atoms with E-state index in [0.29, 0.717) is 29.8 Å². The molecule has 3 aromatic heterocycles. The highest BCUT2D eigenvalue weighted by molar-refractivity contribution is 5.76. The summed E-state index contributed by atoms with van der Waals surface area (Å²) in [7, 11) is 0. The number of hydrogen-bond acceptors (Lipinski definition) is 7. The number of pyridine rings is 1. The molecule has 1 aliphatic rings. The number of ether oxygens (including phenoxy) is 1. The third-order valence-corrected chi connectivity index (χ3v) is 7.18. The van der Waals surface area contributed by atoms with Gasteiger partial charge in [-0.3, -0.25) is 4.90 Å². The Morgan fingerprint density at radius 2 is 1.90 bits per heavy atom. The molecular formula is C30H27FN6O2. The first kappa shape index (κ1) is 24.8. The van der Waals surface area contributed by atoms with E-state index in [1.165, 1.54) is 6.07 Å². The topological polar surface area (TPSA) is 93.0 Å². The number of fused-ring (bicyclic) bond motifs is 1. The van der Waals surface area contributed by atoms with Crippen LogP contribution in [0.3, 0.4) is 0 Å². The lowest BCUT2D eigenvalue weighted by Gasteiger charge is -2.31. The summed E-state index contributed by atoms with van der Waals surface area (Å²) in [5.74, 6) is 2.00. The standard InChI is InChI=1S/C30H27FN6O2/c31-24-16-21(17-32)8-9-23(24)20-39-29-7-3-5-25(35-29)22-10-13-36(14-11-22)18-28-34-26-4-1-2-6-27(26)37(28)19-30-33-12-15-38-30/h1-9,12,15-16,22H,10-11,13-14,18-20H2. The van der Waals surface area contributed by atoms with Crippen LogP contribution in [0.25, 0.3) is 11.0 Å². The Morgan fingerprint density at radius 1 is 1.03 bits per heavy atom. The van der Waals surface area contributed by atoms with E-state index in [1.54, 1.807) is 30.7 Å². The molecule has 1 saturated heterocycles. The van der Waals surface area contributed by atoms with Crippen LogP contribution in [0.4, 0.5) is 4.39 Å². The maximum Gasteiger partial charge on any atom is 0.213 e. The van der Waals surface area contributed by atoms with Crippen LogP contribution < -0.4 is 4.74 Å². The summed E-state index contributed by atoms with van der Waals surface area (Å²) >= 11 is 0. The molecule has 0 N–H and O–H groups in total. The van der Waals surface area contributed by atoms with Gasteiger partial charge in [-0.15, -0.1) is 0 Å². The molecular weight excluding hydrogens is 495 g/mol. The molecule has 0 amide bonds. The molecule has 1 aliphatic heterocycles. The Bertz CT molecular complexity index is 1620. The van der Waals surface area contributed by atoms with Gasteiger partial charge in [0.2, 0.25) is 11.8 Å². The van der Waals surface area contributed by atoms with E-state index in [-0.39, 0.29) is 12.2 Å². The number of halogens is 1. The smallest absolute Gasteiger partial charge is 0.213 e. The normalized spacial score (nSPS) is 14.5. The minimum atomic E-state index is -0.452. The van der Waals surface area contributed by atoms with Crippen molar-refractivity contribution in [2.75, 3.05) is 13.1 Å². The zero-order valence-electron chi connectivity index (χ0n) is 21.3. The Kier molecular flexibility index (Phi) is 7.02. The number of benzene rings is 2. The lowest BCUT2D eigenvalue weighted by Crippen LogP contribution is -2.33. The molecule has 196 valence electrons. The van der Waals surface area contributed by atoms with Gasteiger partial charge in [0.05, 0.1) is 35.4 Å². The molecule has 0 atom stereocenters. The fourth-order valence-corrected chi connectivity index (χ4v) is 5.10. The van der Waals surface area contributed by atoms with Crippen LogP contribution in [-0.2, 0) is 19.7 Å². The Hall–Kier alpha value is -4.55. The largest absolute Gasteiger partial charge is 0.473 e. The molecule has 4 heterocycles. The molecule has 0 aliphatic carbocycles. The summed E-state index contributed by atoms with van der Waals surface area (Å²) in [5, 5.41) is 8.92. The Labute approximate surface area is 225 Å². The highest BCUT2D eigenvalue weighted by atomic mass is 19.1. The van der Waals surface area contributed by atoms with Gasteiger partial charge < -0.3 is 13.7 Å². The molecule has 0 spiro atoms. The van der Waals surface area contributed by atoms with E-state index in [4.69, 9.17) is 24.4 Å². The fraction of sp³-hybridized carbons (Fsp3) is 0.267. The van der Waals surface area contributed by atoms with Crippen LogP contribution in [0.2, 0.25) is 0 Å². The van der Waals surface area contributed by atoms with Crippen LogP contribution in [0.15, 0.2) is 77.5 Å². The first-order valence-corrected chi connectivity index (χ1v) is 13.0. The Morgan fingerprint density at radius 3 is 2.69 bits per heavy atom. The minimum Gasteiger partial charge on any atom is -0.473 e. The number of oxazole rings is 1. The van der Waals surface area contributed by atoms with E-state index in [0.717, 1.165) is 55.0 Å². The summed E-state index contributed by atoms with van der Waals surface area (Å²) in [4.78, 5) is 16.4. The van der Waals surface area contributed by atoms with E-state index in [2.05, 4.69) is 20.5 Å². The molecule has 39 heavy (non-hydrogen) atoms. The van der Waals surface area contributed by atoms with Crippen molar-refractivity contribution in [1.82, 2.24) is 24.4 Å². The number of aromatic nitrogens is 4. The average molecular weight is 523 g/mol. The maximum atomic E-state index is 14.2. The van der Waals surface area contributed by atoms with Gasteiger partial charge in [-0.1, -0.05) is 24.3 Å². The summed E-state index contributed by atoms with van der Waals surface area (Å²) in [5.41, 5.74) is 3.71. The summed E-state index contributed by atoms with van der Waals surface area (Å²) in [6, 6.07) is 20.2.